The van der Waals surface area contributed by atoms with Crippen LogP contribution in [0.15, 0.2) is 47.1 Å². The Morgan fingerprint density at radius 3 is 2.77 bits per heavy atom. The number of fused-ring (bicyclic) bond motifs is 1. The molecular weight excluding hydrogens is 412 g/mol. The second-order valence-electron chi connectivity index (χ2n) is 7.93. The Hall–Kier alpha value is -3.06. The van der Waals surface area contributed by atoms with Crippen LogP contribution in [0.25, 0.3) is 5.57 Å². The molecule has 0 bridgehead atoms. The van der Waals surface area contributed by atoms with Crippen molar-refractivity contribution in [1.82, 2.24) is 9.97 Å². The fourth-order valence-electron chi connectivity index (χ4n) is 3.26. The lowest BCUT2D eigenvalue weighted by Crippen LogP contribution is -2.27. The van der Waals surface area contributed by atoms with E-state index < -0.39 is 0 Å². The molecule has 0 fully saturated rings. The van der Waals surface area contributed by atoms with Gasteiger partial charge in [-0.25, -0.2) is 9.97 Å². The van der Waals surface area contributed by atoms with E-state index in [1.165, 1.54) is 6.21 Å². The molecule has 8 heteroatoms. The first-order valence-corrected chi connectivity index (χ1v) is 10.7. The number of nitrogens with zero attached hydrogens (tertiary/aromatic N) is 4. The maximum atomic E-state index is 9.45. The quantitative estimate of drug-likeness (QED) is 0.482. The summed E-state index contributed by atoms with van der Waals surface area (Å²) in [4.78, 5) is 16.0. The summed E-state index contributed by atoms with van der Waals surface area (Å²) in [5.41, 5.74) is 2.88. The smallest absolute Gasteiger partial charge is 0.161 e. The second kappa shape index (κ2) is 10.3. The van der Waals surface area contributed by atoms with E-state index in [0.29, 0.717) is 30.0 Å². The van der Waals surface area contributed by atoms with E-state index in [1.54, 1.807) is 18.3 Å². The predicted octanol–water partition coefficient (Wildman–Crippen LogP) is 4.87. The molecule has 0 radical (unpaired) electrons. The van der Waals surface area contributed by atoms with Gasteiger partial charge in [0.1, 0.15) is 11.4 Å². The molecule has 0 atom stereocenters. The number of halogens is 1. The van der Waals surface area contributed by atoms with Crippen LogP contribution in [0.4, 0.5) is 17.3 Å². The van der Waals surface area contributed by atoms with Crippen LogP contribution in [0.5, 0.6) is 5.75 Å². The molecule has 31 heavy (non-hydrogen) atoms. The highest BCUT2D eigenvalue weighted by Crippen LogP contribution is 2.36. The number of allylic oxidation sites excluding steroid dienone is 2. The monoisotopic (exact) mass is 440 g/mol. The van der Waals surface area contributed by atoms with Crippen molar-refractivity contribution in [2.45, 2.75) is 27.2 Å². The average molecular weight is 441 g/mol. The van der Waals surface area contributed by atoms with E-state index in [1.807, 2.05) is 19.1 Å². The van der Waals surface area contributed by atoms with E-state index in [0.717, 1.165) is 41.4 Å². The standard InChI is InChI=1S/C23H29ClN6O/c1-15(2)13-30-14-27-20-22(26-10-9-18-5-7-19(31)8-6-18)28-21(29-23(20)30)16(3)11-25-12-17(4)24/h5-8,11-12,15,27,31H,4,9-10,13-14H2,1-3H3,(H,26,28,29)/b16-11+,25-12-. The van der Waals surface area contributed by atoms with Crippen molar-refractivity contribution < 1.29 is 5.11 Å². The number of aliphatic imine (C=N–C) groups is 1. The lowest BCUT2D eigenvalue weighted by Gasteiger charge is -2.20. The Kier molecular flexibility index (Phi) is 7.52. The normalized spacial score (nSPS) is 13.6. The summed E-state index contributed by atoms with van der Waals surface area (Å²) in [7, 11) is 0. The topological polar surface area (TPSA) is 85.7 Å². The number of hydrogen-bond acceptors (Lipinski definition) is 7. The van der Waals surface area contributed by atoms with Crippen molar-refractivity contribution >= 4 is 40.7 Å². The molecule has 1 aromatic carbocycles. The van der Waals surface area contributed by atoms with Gasteiger partial charge in [-0.2, -0.15) is 0 Å². The molecule has 0 spiro atoms. The lowest BCUT2D eigenvalue weighted by molar-refractivity contribution is 0.475. The summed E-state index contributed by atoms with van der Waals surface area (Å²) in [5.74, 6) is 3.05. The summed E-state index contributed by atoms with van der Waals surface area (Å²) in [6.07, 6.45) is 3.98. The van der Waals surface area contributed by atoms with Crippen molar-refractivity contribution in [3.05, 3.63) is 53.5 Å². The Morgan fingerprint density at radius 1 is 1.35 bits per heavy atom. The number of nitrogens with one attached hydrogen (secondary N) is 2. The molecule has 1 aliphatic heterocycles. The molecule has 164 valence electrons. The van der Waals surface area contributed by atoms with Crippen molar-refractivity contribution in [2.24, 2.45) is 10.9 Å². The highest BCUT2D eigenvalue weighted by atomic mass is 35.5. The molecule has 0 aliphatic carbocycles. The van der Waals surface area contributed by atoms with Gasteiger partial charge in [0.05, 0.1) is 11.7 Å². The van der Waals surface area contributed by atoms with Crippen LogP contribution in [0.1, 0.15) is 32.2 Å². The second-order valence-corrected chi connectivity index (χ2v) is 8.41. The average Bonchev–Trinajstić information content (AvgIpc) is 3.11. The minimum atomic E-state index is 0.270. The first kappa shape index (κ1) is 22.6. The minimum Gasteiger partial charge on any atom is -0.508 e. The largest absolute Gasteiger partial charge is 0.508 e. The first-order valence-electron chi connectivity index (χ1n) is 10.3. The zero-order chi connectivity index (χ0) is 22.4. The van der Waals surface area contributed by atoms with E-state index in [2.05, 4.69) is 41.0 Å². The number of phenols is 1. The van der Waals surface area contributed by atoms with Gasteiger partial charge in [-0.3, -0.25) is 4.99 Å². The third kappa shape index (κ3) is 6.21. The van der Waals surface area contributed by atoms with Crippen LogP contribution in [-0.2, 0) is 6.42 Å². The number of aromatic hydroxyl groups is 1. The van der Waals surface area contributed by atoms with Gasteiger partial charge >= 0.3 is 0 Å². The number of anilines is 3. The molecule has 0 saturated heterocycles. The van der Waals surface area contributed by atoms with Crippen molar-refractivity contribution in [2.75, 3.05) is 35.3 Å². The van der Waals surface area contributed by atoms with Gasteiger partial charge < -0.3 is 20.6 Å². The van der Waals surface area contributed by atoms with E-state index in [-0.39, 0.29) is 5.75 Å². The molecule has 3 rings (SSSR count). The molecule has 7 nitrogen and oxygen atoms in total. The fourth-order valence-corrected chi connectivity index (χ4v) is 3.32. The maximum absolute atomic E-state index is 9.45. The van der Waals surface area contributed by atoms with Gasteiger partial charge in [0.15, 0.2) is 17.5 Å². The summed E-state index contributed by atoms with van der Waals surface area (Å²) in [6, 6.07) is 7.24. The number of hydrogen-bond donors (Lipinski definition) is 3. The van der Waals surface area contributed by atoms with Crippen LogP contribution in [-0.4, -0.2) is 41.0 Å². The van der Waals surface area contributed by atoms with Crippen LogP contribution >= 0.6 is 11.6 Å². The maximum Gasteiger partial charge on any atom is 0.161 e. The Labute approximate surface area is 188 Å². The van der Waals surface area contributed by atoms with Crippen molar-refractivity contribution in [3.63, 3.8) is 0 Å². The van der Waals surface area contributed by atoms with Gasteiger partial charge in [-0.15, -0.1) is 0 Å². The molecule has 3 N–H and O–H groups in total. The molecule has 1 aromatic heterocycles. The third-order valence-electron chi connectivity index (χ3n) is 4.70. The first-order chi connectivity index (χ1) is 14.8. The number of aromatic nitrogens is 2. The zero-order valence-electron chi connectivity index (χ0n) is 18.2. The van der Waals surface area contributed by atoms with Gasteiger partial charge in [0.2, 0.25) is 0 Å². The molecular formula is C23H29ClN6O. The lowest BCUT2D eigenvalue weighted by atomic mass is 10.1. The molecule has 2 aromatic rings. The molecule has 1 aliphatic rings. The number of phenolic OH excluding ortho intramolecular Hbond substituents is 1. The highest BCUT2D eigenvalue weighted by Gasteiger charge is 2.26. The molecule has 0 amide bonds. The van der Waals surface area contributed by atoms with Crippen LogP contribution < -0.4 is 15.5 Å². The summed E-state index contributed by atoms with van der Waals surface area (Å²) < 4.78 is 0. The van der Waals surface area contributed by atoms with Crippen LogP contribution in [0.3, 0.4) is 0 Å². The molecule has 0 unspecified atom stereocenters. The highest BCUT2D eigenvalue weighted by molar-refractivity contribution is 6.38. The van der Waals surface area contributed by atoms with Gasteiger partial charge in [-0.1, -0.05) is 44.2 Å². The number of rotatable bonds is 9. The van der Waals surface area contributed by atoms with E-state index in [9.17, 15) is 5.11 Å². The Bertz CT molecular complexity index is 984. The SMILES string of the molecule is C=C(Cl)/C=N\C=C(/C)c1nc(NCCc2ccc(O)cc2)c2c(n1)N(CC(C)C)CN2. The van der Waals surface area contributed by atoms with Gasteiger partial charge in [0.25, 0.3) is 0 Å². The van der Waals surface area contributed by atoms with Crippen molar-refractivity contribution in [1.29, 1.82) is 0 Å². The van der Waals surface area contributed by atoms with Crippen LogP contribution in [0.2, 0.25) is 0 Å². The third-order valence-corrected chi connectivity index (χ3v) is 4.80. The minimum absolute atomic E-state index is 0.270. The van der Waals surface area contributed by atoms with Gasteiger partial charge in [0, 0.05) is 31.1 Å². The predicted molar refractivity (Wildman–Crippen MR) is 130 cm³/mol. The van der Waals surface area contributed by atoms with Crippen LogP contribution in [0, 0.1) is 5.92 Å². The van der Waals surface area contributed by atoms with E-state index in [4.69, 9.17) is 21.6 Å². The fraction of sp³-hybridized carbons (Fsp3) is 0.348. The molecule has 0 saturated carbocycles. The Balaban J connectivity index is 1.85. The zero-order valence-corrected chi connectivity index (χ0v) is 18.9. The summed E-state index contributed by atoms with van der Waals surface area (Å²) in [6.45, 7) is 12.2. The summed E-state index contributed by atoms with van der Waals surface area (Å²) in [5, 5.41) is 16.7. The van der Waals surface area contributed by atoms with Gasteiger partial charge in [-0.05, 0) is 37.0 Å². The van der Waals surface area contributed by atoms with Crippen molar-refractivity contribution in [3.8, 4) is 5.75 Å². The Morgan fingerprint density at radius 2 is 2.10 bits per heavy atom. The summed E-state index contributed by atoms with van der Waals surface area (Å²) >= 11 is 5.75. The number of benzene rings is 1. The molecule has 2 heterocycles. The van der Waals surface area contributed by atoms with E-state index >= 15 is 0 Å².